The Labute approximate surface area is 120 Å². The highest BCUT2D eigenvalue weighted by Crippen LogP contribution is 2.01. The monoisotopic (exact) mass is 283 g/mol. The number of imide groups is 1. The van der Waals surface area contributed by atoms with Gasteiger partial charge in [0, 0.05) is 26.7 Å². The zero-order valence-electron chi connectivity index (χ0n) is 12.5. The molecule has 0 aromatic heterocycles. The van der Waals surface area contributed by atoms with Crippen LogP contribution in [0.4, 0.5) is 4.79 Å². The number of amides is 3. The van der Waals surface area contributed by atoms with Gasteiger partial charge in [0.05, 0.1) is 6.54 Å². The van der Waals surface area contributed by atoms with E-state index in [0.717, 1.165) is 13.0 Å². The van der Waals surface area contributed by atoms with Crippen molar-refractivity contribution < 1.29 is 9.59 Å². The van der Waals surface area contributed by atoms with E-state index in [-0.39, 0.29) is 18.5 Å². The summed E-state index contributed by atoms with van der Waals surface area (Å²) < 4.78 is 0. The smallest absolute Gasteiger partial charge is 0.324 e. The fourth-order valence-corrected chi connectivity index (χ4v) is 1.91. The summed E-state index contributed by atoms with van der Waals surface area (Å²) in [4.78, 5) is 28.0. The quantitative estimate of drug-likeness (QED) is 0.268. The van der Waals surface area contributed by atoms with Gasteiger partial charge in [-0.3, -0.25) is 14.7 Å². The second-order valence-corrected chi connectivity index (χ2v) is 5.17. The van der Waals surface area contributed by atoms with E-state index < -0.39 is 0 Å². The maximum Gasteiger partial charge on any atom is 0.324 e. The Morgan fingerprint density at radius 1 is 1.35 bits per heavy atom. The normalized spacial score (nSPS) is 15.8. The lowest BCUT2D eigenvalue weighted by atomic mass is 10.1. The molecule has 0 radical (unpaired) electrons. The van der Waals surface area contributed by atoms with Crippen molar-refractivity contribution in [1.82, 2.24) is 20.9 Å². The summed E-state index contributed by atoms with van der Waals surface area (Å²) in [5.74, 6) is 1.21. The molecule has 3 N–H and O–H groups in total. The van der Waals surface area contributed by atoms with Gasteiger partial charge in [-0.1, -0.05) is 13.8 Å². The molecule has 0 aromatic rings. The lowest BCUT2D eigenvalue weighted by Gasteiger charge is -2.15. The minimum atomic E-state index is -0.323. The van der Waals surface area contributed by atoms with Crippen LogP contribution in [0.25, 0.3) is 0 Å². The number of nitrogens with one attached hydrogen (secondary N) is 3. The van der Waals surface area contributed by atoms with Crippen molar-refractivity contribution in [1.29, 1.82) is 0 Å². The van der Waals surface area contributed by atoms with Crippen molar-refractivity contribution in [3.8, 4) is 0 Å². The summed E-state index contributed by atoms with van der Waals surface area (Å²) >= 11 is 0. The highest BCUT2D eigenvalue weighted by Gasteiger charge is 2.27. The number of hydrogen-bond donors (Lipinski definition) is 3. The Bertz CT molecular complexity index is 352. The topological polar surface area (TPSA) is 85.8 Å². The minimum Gasteiger partial charge on any atom is -0.356 e. The van der Waals surface area contributed by atoms with Crippen LogP contribution in [-0.2, 0) is 4.79 Å². The predicted molar refractivity (Wildman–Crippen MR) is 78.5 cm³/mol. The molecule has 0 aliphatic carbocycles. The number of hydrogen-bond acceptors (Lipinski definition) is 3. The SMILES string of the molecule is CN=C(NCCCC(C)C)NCCN1C(=O)CNC1=O. The van der Waals surface area contributed by atoms with Gasteiger partial charge in [0.2, 0.25) is 5.91 Å². The Morgan fingerprint density at radius 2 is 2.05 bits per heavy atom. The van der Waals surface area contributed by atoms with E-state index in [1.807, 2.05) is 0 Å². The van der Waals surface area contributed by atoms with Gasteiger partial charge in [-0.15, -0.1) is 0 Å². The van der Waals surface area contributed by atoms with Crippen LogP contribution in [-0.4, -0.2) is 56.0 Å². The summed E-state index contributed by atoms with van der Waals surface area (Å²) in [5, 5.41) is 8.79. The molecule has 7 nitrogen and oxygen atoms in total. The first-order chi connectivity index (χ1) is 9.54. The Morgan fingerprint density at radius 3 is 2.60 bits per heavy atom. The molecule has 7 heteroatoms. The molecule has 20 heavy (non-hydrogen) atoms. The van der Waals surface area contributed by atoms with E-state index in [1.165, 1.54) is 11.3 Å². The first kappa shape index (κ1) is 16.3. The molecule has 0 aromatic carbocycles. The number of nitrogens with zero attached hydrogens (tertiary/aromatic N) is 2. The molecular weight excluding hydrogens is 258 g/mol. The van der Waals surface area contributed by atoms with Crippen molar-refractivity contribution in [3.05, 3.63) is 0 Å². The van der Waals surface area contributed by atoms with Crippen molar-refractivity contribution in [2.24, 2.45) is 10.9 Å². The van der Waals surface area contributed by atoms with Gasteiger partial charge in [-0.25, -0.2) is 4.79 Å². The molecule has 0 saturated carbocycles. The molecule has 1 saturated heterocycles. The zero-order valence-corrected chi connectivity index (χ0v) is 12.5. The van der Waals surface area contributed by atoms with E-state index in [0.29, 0.717) is 25.0 Å². The largest absolute Gasteiger partial charge is 0.356 e. The summed E-state index contributed by atoms with van der Waals surface area (Å²) in [7, 11) is 1.70. The van der Waals surface area contributed by atoms with Crippen LogP contribution in [0.5, 0.6) is 0 Å². The van der Waals surface area contributed by atoms with Crippen LogP contribution < -0.4 is 16.0 Å². The molecule has 1 rings (SSSR count). The van der Waals surface area contributed by atoms with Crippen molar-refractivity contribution in [2.45, 2.75) is 26.7 Å². The van der Waals surface area contributed by atoms with Crippen molar-refractivity contribution in [2.75, 3.05) is 33.2 Å². The molecule has 3 amide bonds. The summed E-state index contributed by atoms with van der Waals surface area (Å²) in [6.45, 7) is 6.19. The minimum absolute atomic E-state index is 0.0982. The number of carbonyl (C=O) groups excluding carboxylic acids is 2. The molecule has 0 bridgehead atoms. The highest BCUT2D eigenvalue weighted by atomic mass is 16.2. The molecule has 0 unspecified atom stereocenters. The van der Waals surface area contributed by atoms with Gasteiger partial charge in [0.15, 0.2) is 5.96 Å². The van der Waals surface area contributed by atoms with E-state index >= 15 is 0 Å². The zero-order chi connectivity index (χ0) is 15.0. The highest BCUT2D eigenvalue weighted by molar-refractivity contribution is 6.01. The lowest BCUT2D eigenvalue weighted by molar-refractivity contribution is -0.124. The molecule has 114 valence electrons. The third kappa shape index (κ3) is 5.46. The Kier molecular flexibility index (Phi) is 6.83. The van der Waals surface area contributed by atoms with Gasteiger partial charge >= 0.3 is 6.03 Å². The average Bonchev–Trinajstić information content (AvgIpc) is 2.72. The molecule has 1 heterocycles. The van der Waals surface area contributed by atoms with E-state index in [4.69, 9.17) is 0 Å². The summed E-state index contributed by atoms with van der Waals surface area (Å²) in [6.07, 6.45) is 2.26. The third-order valence-corrected chi connectivity index (χ3v) is 3.04. The fraction of sp³-hybridized carbons (Fsp3) is 0.769. The first-order valence-corrected chi connectivity index (χ1v) is 7.07. The fourth-order valence-electron chi connectivity index (χ4n) is 1.91. The molecular formula is C13H25N5O2. The number of rotatable bonds is 7. The second-order valence-electron chi connectivity index (χ2n) is 5.17. The maximum absolute atomic E-state index is 11.4. The third-order valence-electron chi connectivity index (χ3n) is 3.04. The van der Waals surface area contributed by atoms with Gasteiger partial charge < -0.3 is 16.0 Å². The number of aliphatic imine (C=N–C) groups is 1. The standard InChI is InChI=1S/C13H25N5O2/c1-10(2)5-4-6-15-12(14-3)16-7-8-18-11(19)9-17-13(18)20/h10H,4-9H2,1-3H3,(H,17,20)(H2,14,15,16). The predicted octanol–water partition coefficient (Wildman–Crippen LogP) is 0.139. The number of guanidine groups is 1. The van der Waals surface area contributed by atoms with E-state index in [9.17, 15) is 9.59 Å². The van der Waals surface area contributed by atoms with Crippen LogP contribution in [0.15, 0.2) is 4.99 Å². The molecule has 1 aliphatic heterocycles. The van der Waals surface area contributed by atoms with Crippen LogP contribution >= 0.6 is 0 Å². The molecule has 1 fully saturated rings. The van der Waals surface area contributed by atoms with Crippen LogP contribution in [0, 0.1) is 5.92 Å². The van der Waals surface area contributed by atoms with Crippen LogP contribution in [0.1, 0.15) is 26.7 Å². The Balaban J connectivity index is 2.18. The van der Waals surface area contributed by atoms with Gasteiger partial charge in [-0.05, 0) is 18.8 Å². The second kappa shape index (κ2) is 8.39. The van der Waals surface area contributed by atoms with Crippen molar-refractivity contribution in [3.63, 3.8) is 0 Å². The molecule has 0 atom stereocenters. The van der Waals surface area contributed by atoms with E-state index in [1.54, 1.807) is 7.05 Å². The van der Waals surface area contributed by atoms with Crippen molar-refractivity contribution >= 4 is 17.9 Å². The number of carbonyl (C=O) groups is 2. The van der Waals surface area contributed by atoms with Gasteiger partial charge in [-0.2, -0.15) is 0 Å². The number of urea groups is 1. The maximum atomic E-state index is 11.4. The van der Waals surface area contributed by atoms with Crippen LogP contribution in [0.2, 0.25) is 0 Å². The summed E-state index contributed by atoms with van der Waals surface area (Å²) in [6, 6.07) is -0.323. The average molecular weight is 283 g/mol. The van der Waals surface area contributed by atoms with E-state index in [2.05, 4.69) is 34.8 Å². The van der Waals surface area contributed by atoms with Gasteiger partial charge in [0.1, 0.15) is 0 Å². The Hall–Kier alpha value is -1.79. The molecule has 0 spiro atoms. The lowest BCUT2D eigenvalue weighted by Crippen LogP contribution is -2.43. The first-order valence-electron chi connectivity index (χ1n) is 7.07. The van der Waals surface area contributed by atoms with Crippen LogP contribution in [0.3, 0.4) is 0 Å². The van der Waals surface area contributed by atoms with Gasteiger partial charge in [0.25, 0.3) is 0 Å². The molecule has 1 aliphatic rings. The summed E-state index contributed by atoms with van der Waals surface area (Å²) in [5.41, 5.74) is 0.